The zero-order valence-corrected chi connectivity index (χ0v) is 4.78. The number of hydrogen-bond acceptors (Lipinski definition) is 2. The van der Waals surface area contributed by atoms with Crippen molar-refractivity contribution in [3.63, 3.8) is 0 Å². The first-order valence-corrected chi connectivity index (χ1v) is 2.84. The molecule has 2 N–H and O–H groups in total. The number of rotatable bonds is 2. The van der Waals surface area contributed by atoms with Crippen LogP contribution in [0.15, 0.2) is 0 Å². The highest BCUT2D eigenvalue weighted by Crippen LogP contribution is 1.85. The average Bonchev–Trinajstić information content (AvgIpc) is 1.41. The third-order valence-electron chi connectivity index (χ3n) is 0.170. The van der Waals surface area contributed by atoms with Crippen LogP contribution in [-0.4, -0.2) is 6.29 Å². The minimum atomic E-state index is 0.648. The molecule has 0 aliphatic heterocycles. The Kier molecular flexibility index (Phi) is 4.93. The zero-order chi connectivity index (χ0) is 4.12. The van der Waals surface area contributed by atoms with Gasteiger partial charge in [0.2, 0.25) is 0 Å². The summed E-state index contributed by atoms with van der Waals surface area (Å²) >= 11 is 0. The molecular weight excluding hydrogens is 102 g/mol. The Hall–Kier alpha value is 0.490. The van der Waals surface area contributed by atoms with Crippen molar-refractivity contribution in [1.29, 1.82) is 5.16 Å². The molecule has 0 aliphatic rings. The molecule has 1 unspecified atom stereocenters. The molecule has 0 bridgehead atoms. The summed E-state index contributed by atoms with van der Waals surface area (Å²) < 4.78 is 0. The summed E-state index contributed by atoms with van der Waals surface area (Å²) in [5, 5.41) is 9.23. The van der Waals surface area contributed by atoms with Crippen molar-refractivity contribution in [2.45, 2.75) is 0 Å². The van der Waals surface area contributed by atoms with E-state index in [1.165, 1.54) is 0 Å². The monoisotopic (exact) mass is 108 g/mol. The standard InChI is InChI=1S/CH6N2P2/c2-5-1-3-4/h2-3H,1,4H2. The van der Waals surface area contributed by atoms with Crippen LogP contribution in [0.2, 0.25) is 0 Å². The highest BCUT2D eigenvalue weighted by molar-refractivity contribution is 7.26. The van der Waals surface area contributed by atoms with Gasteiger partial charge >= 0.3 is 0 Å². The second kappa shape index (κ2) is 4.49. The third kappa shape index (κ3) is 4.49. The summed E-state index contributed by atoms with van der Waals surface area (Å²) in [6, 6.07) is 0. The van der Waals surface area contributed by atoms with E-state index in [9.17, 15) is 0 Å². The van der Waals surface area contributed by atoms with E-state index in [0.29, 0.717) is 8.37 Å². The summed E-state index contributed by atoms with van der Waals surface area (Å²) in [5.41, 5.74) is 0. The molecule has 2 nitrogen and oxygen atoms in total. The molecule has 0 aromatic carbocycles. The summed E-state index contributed by atoms with van der Waals surface area (Å²) in [6.45, 7) is 0. The minimum absolute atomic E-state index is 0.648. The van der Waals surface area contributed by atoms with E-state index < -0.39 is 0 Å². The Balaban J connectivity index is 2.40. The van der Waals surface area contributed by atoms with E-state index in [-0.39, 0.29) is 0 Å². The van der Waals surface area contributed by atoms with Crippen molar-refractivity contribution in [2.75, 3.05) is 6.29 Å². The van der Waals surface area contributed by atoms with Gasteiger partial charge in [0.25, 0.3) is 0 Å². The van der Waals surface area contributed by atoms with Crippen molar-refractivity contribution in [3.8, 4) is 0 Å². The first kappa shape index (κ1) is 5.49. The molecule has 30 valence electrons. The Morgan fingerprint density at radius 3 is 2.60 bits per heavy atom. The van der Waals surface area contributed by atoms with E-state index in [0.717, 1.165) is 6.29 Å². The molecule has 0 heterocycles. The molecular formula is CH6N2P2. The lowest BCUT2D eigenvalue weighted by molar-refractivity contribution is 1.23. The van der Waals surface area contributed by atoms with Crippen LogP contribution < -0.4 is 5.09 Å². The summed E-state index contributed by atoms with van der Waals surface area (Å²) in [7, 11) is 2.97. The SMILES string of the molecule is N=PCNP. The van der Waals surface area contributed by atoms with Gasteiger partial charge in [-0.05, 0) is 0 Å². The summed E-state index contributed by atoms with van der Waals surface area (Å²) in [4.78, 5) is 0. The van der Waals surface area contributed by atoms with Gasteiger partial charge in [0.05, 0.1) is 6.29 Å². The lowest BCUT2D eigenvalue weighted by Gasteiger charge is -1.76. The van der Waals surface area contributed by atoms with Crippen LogP contribution in [0.1, 0.15) is 0 Å². The molecule has 0 aromatic heterocycles. The molecule has 5 heavy (non-hydrogen) atoms. The first-order valence-electron chi connectivity index (χ1n) is 1.18. The van der Waals surface area contributed by atoms with Gasteiger partial charge in [0.1, 0.15) is 0 Å². The lowest BCUT2D eigenvalue weighted by Crippen LogP contribution is -1.87. The highest BCUT2D eigenvalue weighted by atomic mass is 31.1. The molecule has 0 radical (unpaired) electrons. The molecule has 0 fully saturated rings. The van der Waals surface area contributed by atoms with Gasteiger partial charge in [-0.1, -0.05) is 9.39 Å². The number of hydrogen-bond donors (Lipinski definition) is 2. The molecule has 0 amide bonds. The lowest BCUT2D eigenvalue weighted by atomic mass is 11.5. The van der Waals surface area contributed by atoms with Crippen LogP contribution in [0.5, 0.6) is 0 Å². The Morgan fingerprint density at radius 1 is 2.00 bits per heavy atom. The average molecular weight is 108 g/mol. The second-order valence-corrected chi connectivity index (χ2v) is 1.56. The van der Waals surface area contributed by atoms with Crippen LogP contribution in [0.3, 0.4) is 0 Å². The van der Waals surface area contributed by atoms with Crippen molar-refractivity contribution in [1.82, 2.24) is 5.09 Å². The van der Waals surface area contributed by atoms with Gasteiger partial charge < -0.3 is 0 Å². The fourth-order valence-corrected chi connectivity index (χ4v) is 0.411. The van der Waals surface area contributed by atoms with Crippen LogP contribution in [0, 0.1) is 5.16 Å². The molecule has 0 spiro atoms. The van der Waals surface area contributed by atoms with Gasteiger partial charge in [-0.2, -0.15) is 0 Å². The molecule has 0 aromatic rings. The van der Waals surface area contributed by atoms with E-state index in [1.54, 1.807) is 0 Å². The fourth-order valence-electron chi connectivity index (χ4n) is 0.0456. The Bertz CT molecular complexity index is 28.8. The molecule has 0 saturated heterocycles. The zero-order valence-electron chi connectivity index (χ0n) is 2.73. The van der Waals surface area contributed by atoms with Crippen molar-refractivity contribution >= 4 is 17.8 Å². The van der Waals surface area contributed by atoms with E-state index >= 15 is 0 Å². The van der Waals surface area contributed by atoms with Crippen LogP contribution in [0.25, 0.3) is 0 Å². The normalized spacial score (nSPS) is 9.00. The van der Waals surface area contributed by atoms with E-state index in [1.807, 2.05) is 0 Å². The molecule has 0 aliphatic carbocycles. The third-order valence-corrected chi connectivity index (χ3v) is 1.06. The first-order chi connectivity index (χ1) is 2.41. The Labute approximate surface area is 35.3 Å². The predicted molar refractivity (Wildman–Crippen MR) is 27.4 cm³/mol. The van der Waals surface area contributed by atoms with Crippen LogP contribution >= 0.6 is 17.8 Å². The van der Waals surface area contributed by atoms with Crippen LogP contribution in [-0.2, 0) is 0 Å². The maximum Gasteiger partial charge on any atom is 0.0580 e. The van der Waals surface area contributed by atoms with Gasteiger partial charge in [-0.25, -0.2) is 0 Å². The topological polar surface area (TPSA) is 35.9 Å². The van der Waals surface area contributed by atoms with E-state index in [2.05, 4.69) is 14.5 Å². The second-order valence-electron chi connectivity index (χ2n) is 0.520. The fraction of sp³-hybridized carbons (Fsp3) is 1.00. The quantitative estimate of drug-likeness (QED) is 0.509. The van der Waals surface area contributed by atoms with E-state index in [4.69, 9.17) is 5.16 Å². The Morgan fingerprint density at radius 2 is 2.60 bits per heavy atom. The molecule has 0 saturated carbocycles. The van der Waals surface area contributed by atoms with Crippen molar-refractivity contribution in [2.24, 2.45) is 0 Å². The maximum absolute atomic E-state index is 6.50. The summed E-state index contributed by atoms with van der Waals surface area (Å²) in [6.07, 6.45) is 0.741. The van der Waals surface area contributed by atoms with Crippen LogP contribution in [0.4, 0.5) is 0 Å². The van der Waals surface area contributed by atoms with Crippen molar-refractivity contribution < 1.29 is 0 Å². The molecule has 0 rings (SSSR count). The van der Waals surface area contributed by atoms with Gasteiger partial charge in [0, 0.05) is 8.37 Å². The minimum Gasteiger partial charge on any atom is -0.291 e. The predicted octanol–water partition coefficient (Wildman–Crippen LogP) is 1.03. The van der Waals surface area contributed by atoms with Gasteiger partial charge in [0.15, 0.2) is 0 Å². The highest BCUT2D eigenvalue weighted by Gasteiger charge is 1.60. The van der Waals surface area contributed by atoms with Gasteiger partial charge in [-0.3, -0.25) is 10.2 Å². The molecule has 4 heteroatoms. The largest absolute Gasteiger partial charge is 0.291 e. The van der Waals surface area contributed by atoms with Crippen molar-refractivity contribution in [3.05, 3.63) is 0 Å². The molecule has 1 atom stereocenters. The summed E-state index contributed by atoms with van der Waals surface area (Å²) in [5.74, 6) is 0. The number of nitrogens with one attached hydrogen (secondary N) is 2. The van der Waals surface area contributed by atoms with Gasteiger partial charge in [-0.15, -0.1) is 0 Å². The smallest absolute Gasteiger partial charge is 0.0580 e. The maximum atomic E-state index is 6.50.